The standard InChI is InChI=1S/C26H34N4/c1-3-8-22(9-4-1)26(23-10-5-2-6-11-23)30-19-25(20-30)29-15-21(16-29)14-27-17-24(18-27)28-12-7-13-28/h1-6,8-11,21,24-26H,7,12-20H2. The Morgan fingerprint density at radius 1 is 0.667 bits per heavy atom. The van der Waals surface area contributed by atoms with E-state index in [1.54, 1.807) is 0 Å². The van der Waals surface area contributed by atoms with Crippen LogP contribution < -0.4 is 0 Å². The van der Waals surface area contributed by atoms with E-state index in [2.05, 4.69) is 80.3 Å². The zero-order valence-electron chi connectivity index (χ0n) is 17.9. The molecule has 4 fully saturated rings. The fraction of sp³-hybridized carbons (Fsp3) is 0.538. The van der Waals surface area contributed by atoms with Crippen LogP contribution in [-0.4, -0.2) is 90.6 Å². The monoisotopic (exact) mass is 402 g/mol. The Balaban J connectivity index is 0.993. The van der Waals surface area contributed by atoms with Crippen molar-refractivity contribution in [3.05, 3.63) is 71.8 Å². The summed E-state index contributed by atoms with van der Waals surface area (Å²) in [5.41, 5.74) is 2.83. The Labute approximate surface area is 181 Å². The highest BCUT2D eigenvalue weighted by Crippen LogP contribution is 2.35. The van der Waals surface area contributed by atoms with Crippen LogP contribution in [0.1, 0.15) is 23.6 Å². The maximum atomic E-state index is 2.74. The third-order valence-corrected chi connectivity index (χ3v) is 7.85. The van der Waals surface area contributed by atoms with Crippen molar-refractivity contribution in [2.75, 3.05) is 58.9 Å². The number of benzene rings is 2. The van der Waals surface area contributed by atoms with Gasteiger partial charge in [-0.3, -0.25) is 19.6 Å². The first kappa shape index (κ1) is 19.0. The molecule has 0 amide bonds. The normalized spacial score (nSPS) is 25.0. The first-order valence-electron chi connectivity index (χ1n) is 11.9. The molecule has 0 bridgehead atoms. The predicted molar refractivity (Wildman–Crippen MR) is 122 cm³/mol. The SMILES string of the molecule is c1ccc(C(c2ccccc2)N2CC(N3CC(CN4CC(N5CCC5)C4)C3)C2)cc1. The molecular weight excluding hydrogens is 368 g/mol. The van der Waals surface area contributed by atoms with Crippen molar-refractivity contribution in [1.82, 2.24) is 19.6 Å². The smallest absolute Gasteiger partial charge is 0.0602 e. The lowest BCUT2D eigenvalue weighted by Gasteiger charge is -2.56. The topological polar surface area (TPSA) is 13.0 Å². The van der Waals surface area contributed by atoms with E-state index in [1.807, 2.05) is 0 Å². The van der Waals surface area contributed by atoms with E-state index < -0.39 is 0 Å². The second-order valence-corrected chi connectivity index (χ2v) is 9.91. The summed E-state index contributed by atoms with van der Waals surface area (Å²) < 4.78 is 0. The first-order valence-corrected chi connectivity index (χ1v) is 11.9. The van der Waals surface area contributed by atoms with Crippen LogP contribution in [-0.2, 0) is 0 Å². The Bertz CT molecular complexity index is 779. The van der Waals surface area contributed by atoms with Crippen molar-refractivity contribution >= 4 is 0 Å². The molecule has 0 saturated carbocycles. The molecule has 0 spiro atoms. The fourth-order valence-corrected chi connectivity index (χ4v) is 5.83. The average molecular weight is 403 g/mol. The van der Waals surface area contributed by atoms with Gasteiger partial charge in [-0.1, -0.05) is 60.7 Å². The molecular formula is C26H34N4. The number of rotatable bonds is 7. The van der Waals surface area contributed by atoms with Crippen LogP contribution in [0.5, 0.6) is 0 Å². The van der Waals surface area contributed by atoms with Gasteiger partial charge in [-0.2, -0.15) is 0 Å². The van der Waals surface area contributed by atoms with Crippen molar-refractivity contribution in [2.24, 2.45) is 5.92 Å². The number of nitrogens with zero attached hydrogens (tertiary/aromatic N) is 4. The Hall–Kier alpha value is -1.72. The van der Waals surface area contributed by atoms with Gasteiger partial charge in [-0.15, -0.1) is 0 Å². The van der Waals surface area contributed by atoms with Gasteiger partial charge in [-0.05, 0) is 36.6 Å². The minimum atomic E-state index is 0.389. The van der Waals surface area contributed by atoms with Crippen molar-refractivity contribution in [1.29, 1.82) is 0 Å². The van der Waals surface area contributed by atoms with Gasteiger partial charge in [0.2, 0.25) is 0 Å². The summed E-state index contributed by atoms with van der Waals surface area (Å²) in [4.78, 5) is 10.8. The van der Waals surface area contributed by atoms with Crippen LogP contribution in [0.15, 0.2) is 60.7 Å². The average Bonchev–Trinajstić information content (AvgIpc) is 2.65. The Kier molecular flexibility index (Phi) is 5.12. The molecule has 4 heteroatoms. The van der Waals surface area contributed by atoms with Gasteiger partial charge in [0.1, 0.15) is 0 Å². The van der Waals surface area contributed by atoms with Crippen LogP contribution in [0.2, 0.25) is 0 Å². The van der Waals surface area contributed by atoms with E-state index in [1.165, 1.54) is 76.5 Å². The molecule has 158 valence electrons. The summed E-state index contributed by atoms with van der Waals surface area (Å²) in [5.74, 6) is 0.899. The van der Waals surface area contributed by atoms with Crippen molar-refractivity contribution in [3.63, 3.8) is 0 Å². The van der Waals surface area contributed by atoms with Crippen LogP contribution >= 0.6 is 0 Å². The number of hydrogen-bond donors (Lipinski definition) is 0. The van der Waals surface area contributed by atoms with Crippen LogP contribution in [0, 0.1) is 5.92 Å². The third-order valence-electron chi connectivity index (χ3n) is 7.85. The highest BCUT2D eigenvalue weighted by atomic mass is 15.4. The summed E-state index contributed by atoms with van der Waals surface area (Å²) in [6.07, 6.45) is 1.42. The third kappa shape index (κ3) is 3.60. The molecule has 0 radical (unpaired) electrons. The molecule has 30 heavy (non-hydrogen) atoms. The second kappa shape index (κ2) is 8.08. The molecule has 0 unspecified atom stereocenters. The maximum absolute atomic E-state index is 2.74. The molecule has 2 aromatic carbocycles. The molecule has 4 saturated heterocycles. The summed E-state index contributed by atoms with van der Waals surface area (Å²) >= 11 is 0. The molecule has 0 aliphatic carbocycles. The summed E-state index contributed by atoms with van der Waals surface area (Å²) in [5, 5.41) is 0. The van der Waals surface area contributed by atoms with Crippen molar-refractivity contribution in [3.8, 4) is 0 Å². The highest BCUT2D eigenvalue weighted by Gasteiger charge is 2.43. The molecule has 4 aliphatic rings. The summed E-state index contributed by atoms with van der Waals surface area (Å²) in [6, 6.07) is 24.1. The Morgan fingerprint density at radius 2 is 1.23 bits per heavy atom. The molecule has 4 heterocycles. The number of hydrogen-bond acceptors (Lipinski definition) is 4. The minimum Gasteiger partial charge on any atom is -0.300 e. The molecule has 6 rings (SSSR count). The molecule has 0 aromatic heterocycles. The van der Waals surface area contributed by atoms with E-state index >= 15 is 0 Å². The van der Waals surface area contributed by atoms with Crippen LogP contribution in [0.25, 0.3) is 0 Å². The van der Waals surface area contributed by atoms with Gasteiger partial charge in [0.05, 0.1) is 6.04 Å². The van der Waals surface area contributed by atoms with E-state index in [9.17, 15) is 0 Å². The summed E-state index contributed by atoms with van der Waals surface area (Å²) in [7, 11) is 0. The maximum Gasteiger partial charge on any atom is 0.0602 e. The van der Waals surface area contributed by atoms with Crippen LogP contribution in [0.3, 0.4) is 0 Å². The highest BCUT2D eigenvalue weighted by molar-refractivity contribution is 5.32. The van der Waals surface area contributed by atoms with Crippen molar-refractivity contribution < 1.29 is 0 Å². The van der Waals surface area contributed by atoms with Gasteiger partial charge in [0, 0.05) is 57.9 Å². The lowest BCUT2D eigenvalue weighted by molar-refractivity contribution is -0.0660. The van der Waals surface area contributed by atoms with Crippen LogP contribution in [0.4, 0.5) is 0 Å². The molecule has 4 nitrogen and oxygen atoms in total. The second-order valence-electron chi connectivity index (χ2n) is 9.91. The van der Waals surface area contributed by atoms with Crippen molar-refractivity contribution in [2.45, 2.75) is 24.5 Å². The summed E-state index contributed by atoms with van der Waals surface area (Å²) in [6.45, 7) is 11.7. The van der Waals surface area contributed by atoms with E-state index in [0.717, 1.165) is 18.0 Å². The van der Waals surface area contributed by atoms with Gasteiger partial charge < -0.3 is 0 Å². The lowest BCUT2D eigenvalue weighted by Crippen LogP contribution is -2.68. The Morgan fingerprint density at radius 3 is 1.77 bits per heavy atom. The van der Waals surface area contributed by atoms with E-state index in [0.29, 0.717) is 6.04 Å². The quantitative estimate of drug-likeness (QED) is 0.706. The van der Waals surface area contributed by atoms with Gasteiger partial charge in [0.15, 0.2) is 0 Å². The molecule has 2 aromatic rings. The van der Waals surface area contributed by atoms with Gasteiger partial charge >= 0.3 is 0 Å². The minimum absolute atomic E-state index is 0.389. The molecule has 0 N–H and O–H groups in total. The predicted octanol–water partition coefficient (Wildman–Crippen LogP) is 2.78. The molecule has 4 aliphatic heterocycles. The van der Waals surface area contributed by atoms with E-state index in [-0.39, 0.29) is 0 Å². The zero-order valence-corrected chi connectivity index (χ0v) is 17.9. The largest absolute Gasteiger partial charge is 0.300 e. The lowest BCUT2D eigenvalue weighted by atomic mass is 9.89. The molecule has 0 atom stereocenters. The first-order chi connectivity index (χ1) is 14.8. The fourth-order valence-electron chi connectivity index (χ4n) is 5.83. The van der Waals surface area contributed by atoms with E-state index in [4.69, 9.17) is 0 Å². The van der Waals surface area contributed by atoms with Gasteiger partial charge in [-0.25, -0.2) is 0 Å². The zero-order chi connectivity index (χ0) is 19.9. The van der Waals surface area contributed by atoms with Gasteiger partial charge in [0.25, 0.3) is 0 Å². The number of likely N-dealkylation sites (tertiary alicyclic amines) is 4.